The van der Waals surface area contributed by atoms with Gasteiger partial charge < -0.3 is 19.3 Å². The summed E-state index contributed by atoms with van der Waals surface area (Å²) in [5, 5.41) is 0. The molecule has 0 N–H and O–H groups in total. The zero-order valence-electron chi connectivity index (χ0n) is 16.8. The Morgan fingerprint density at radius 3 is 2.59 bits per heavy atom. The average Bonchev–Trinajstić information content (AvgIpc) is 3.11. The van der Waals surface area contributed by atoms with E-state index in [0.29, 0.717) is 32.2 Å². The van der Waals surface area contributed by atoms with Gasteiger partial charge in [-0.15, -0.1) is 0 Å². The average molecular weight is 398 g/mol. The van der Waals surface area contributed by atoms with Crippen molar-refractivity contribution in [1.29, 1.82) is 0 Å². The van der Waals surface area contributed by atoms with Gasteiger partial charge in [0.1, 0.15) is 5.82 Å². The maximum Gasteiger partial charge on any atom is 0.231 e. The lowest BCUT2D eigenvalue weighted by molar-refractivity contribution is -0.130. The lowest BCUT2D eigenvalue weighted by Crippen LogP contribution is -2.34. The summed E-state index contributed by atoms with van der Waals surface area (Å²) in [7, 11) is 0. The van der Waals surface area contributed by atoms with Crippen molar-refractivity contribution in [2.45, 2.75) is 26.3 Å². The molecular formula is C23H27FN2O3. The number of hydrogen-bond acceptors (Lipinski definition) is 4. The Labute approximate surface area is 171 Å². The number of carbonyl (C=O) groups excluding carboxylic acids is 1. The third-order valence-electron chi connectivity index (χ3n) is 5.56. The third-order valence-corrected chi connectivity index (χ3v) is 5.56. The number of ether oxygens (including phenoxy) is 2. The van der Waals surface area contributed by atoms with Gasteiger partial charge in [0.05, 0.1) is 0 Å². The lowest BCUT2D eigenvalue weighted by atomic mass is 10.00. The van der Waals surface area contributed by atoms with Crippen LogP contribution in [0.3, 0.4) is 0 Å². The van der Waals surface area contributed by atoms with Crippen LogP contribution in [0.4, 0.5) is 4.39 Å². The second-order valence-electron chi connectivity index (χ2n) is 7.99. The van der Waals surface area contributed by atoms with E-state index in [4.69, 9.17) is 9.47 Å². The number of carbonyl (C=O) groups is 1. The highest BCUT2D eigenvalue weighted by atomic mass is 19.1. The number of fused-ring (bicyclic) bond motifs is 1. The normalized spacial score (nSPS) is 18.0. The third kappa shape index (κ3) is 5.07. The second kappa shape index (κ2) is 8.82. The van der Waals surface area contributed by atoms with Crippen LogP contribution in [0, 0.1) is 11.7 Å². The Morgan fingerprint density at radius 2 is 1.76 bits per heavy atom. The summed E-state index contributed by atoms with van der Waals surface area (Å²) in [5.74, 6) is 2.02. The molecule has 6 heteroatoms. The molecule has 0 unspecified atom stereocenters. The molecule has 2 aliphatic rings. The van der Waals surface area contributed by atoms with Gasteiger partial charge in [-0.05, 0) is 47.7 Å². The van der Waals surface area contributed by atoms with Crippen molar-refractivity contribution < 1.29 is 18.7 Å². The Balaban J connectivity index is 1.29. The van der Waals surface area contributed by atoms with E-state index in [9.17, 15) is 9.18 Å². The molecule has 2 aromatic rings. The van der Waals surface area contributed by atoms with Crippen LogP contribution in [0.2, 0.25) is 0 Å². The van der Waals surface area contributed by atoms with Crippen LogP contribution >= 0.6 is 0 Å². The molecular weight excluding hydrogens is 371 g/mol. The standard InChI is InChI=1S/C23H27FN2O3/c1-17(12-19-4-7-21-22(13-19)29-16-28-21)14-25-9-8-23(27)26(11-10-25)15-18-2-5-20(24)6-3-18/h2-7,13,17H,8-12,14-16H2,1H3/t17-/m0/s1. The van der Waals surface area contributed by atoms with E-state index in [-0.39, 0.29) is 11.7 Å². The molecule has 0 saturated carbocycles. The van der Waals surface area contributed by atoms with Gasteiger partial charge in [-0.3, -0.25) is 4.79 Å². The van der Waals surface area contributed by atoms with Crippen LogP contribution in [0.5, 0.6) is 11.5 Å². The summed E-state index contributed by atoms with van der Waals surface area (Å²) < 4.78 is 23.9. The monoisotopic (exact) mass is 398 g/mol. The van der Waals surface area contributed by atoms with E-state index in [1.54, 1.807) is 12.1 Å². The molecule has 5 nitrogen and oxygen atoms in total. The molecule has 154 valence electrons. The minimum Gasteiger partial charge on any atom is -0.454 e. The van der Waals surface area contributed by atoms with Crippen LogP contribution in [-0.4, -0.2) is 48.7 Å². The molecule has 0 aromatic heterocycles. The fraction of sp³-hybridized carbons (Fsp3) is 0.435. The van der Waals surface area contributed by atoms with Crippen molar-refractivity contribution >= 4 is 5.91 Å². The molecule has 0 radical (unpaired) electrons. The smallest absolute Gasteiger partial charge is 0.231 e. The Hall–Kier alpha value is -2.60. The first-order valence-electron chi connectivity index (χ1n) is 10.2. The number of amides is 1. The van der Waals surface area contributed by atoms with E-state index in [0.717, 1.165) is 43.1 Å². The molecule has 1 atom stereocenters. The van der Waals surface area contributed by atoms with Crippen LogP contribution in [0.15, 0.2) is 42.5 Å². The minimum atomic E-state index is -0.251. The predicted octanol–water partition coefficient (Wildman–Crippen LogP) is 3.47. The molecule has 1 saturated heterocycles. The van der Waals surface area contributed by atoms with Gasteiger partial charge in [-0.25, -0.2) is 4.39 Å². The molecule has 1 fully saturated rings. The van der Waals surface area contributed by atoms with Gasteiger partial charge in [0.25, 0.3) is 0 Å². The van der Waals surface area contributed by atoms with Crippen molar-refractivity contribution in [3.63, 3.8) is 0 Å². The topological polar surface area (TPSA) is 42.0 Å². The van der Waals surface area contributed by atoms with E-state index in [1.807, 2.05) is 11.0 Å². The molecule has 0 bridgehead atoms. The zero-order valence-corrected chi connectivity index (χ0v) is 16.8. The highest BCUT2D eigenvalue weighted by Crippen LogP contribution is 2.33. The number of rotatable bonds is 6. The minimum absolute atomic E-state index is 0.167. The van der Waals surface area contributed by atoms with Crippen LogP contribution in [0.25, 0.3) is 0 Å². The lowest BCUT2D eigenvalue weighted by Gasteiger charge is -2.24. The SMILES string of the molecule is C[C@@H](Cc1ccc2c(c1)OCO2)CN1CCC(=O)N(Cc2ccc(F)cc2)CC1. The van der Waals surface area contributed by atoms with Crippen LogP contribution in [0.1, 0.15) is 24.5 Å². The highest BCUT2D eigenvalue weighted by molar-refractivity contribution is 5.76. The molecule has 29 heavy (non-hydrogen) atoms. The van der Waals surface area contributed by atoms with Gasteiger partial charge in [0.15, 0.2) is 11.5 Å². The molecule has 0 aliphatic carbocycles. The zero-order chi connectivity index (χ0) is 20.2. The van der Waals surface area contributed by atoms with Crippen molar-refractivity contribution in [3.05, 3.63) is 59.4 Å². The summed E-state index contributed by atoms with van der Waals surface area (Å²) in [5.41, 5.74) is 2.20. The summed E-state index contributed by atoms with van der Waals surface area (Å²) in [6.45, 7) is 6.37. The molecule has 4 rings (SSSR count). The molecule has 2 aliphatic heterocycles. The van der Waals surface area contributed by atoms with Crippen molar-refractivity contribution in [2.24, 2.45) is 5.92 Å². The first-order valence-corrected chi connectivity index (χ1v) is 10.2. The van der Waals surface area contributed by atoms with Crippen molar-refractivity contribution in [2.75, 3.05) is 33.0 Å². The van der Waals surface area contributed by atoms with E-state index >= 15 is 0 Å². The second-order valence-corrected chi connectivity index (χ2v) is 7.99. The Bertz CT molecular complexity index is 856. The number of benzene rings is 2. The summed E-state index contributed by atoms with van der Waals surface area (Å²) in [6, 6.07) is 12.5. The van der Waals surface area contributed by atoms with Crippen LogP contribution < -0.4 is 9.47 Å². The van der Waals surface area contributed by atoms with E-state index in [1.165, 1.54) is 17.7 Å². The first-order chi connectivity index (χ1) is 14.1. The largest absolute Gasteiger partial charge is 0.454 e. The fourth-order valence-electron chi connectivity index (χ4n) is 4.05. The van der Waals surface area contributed by atoms with Gasteiger partial charge in [0, 0.05) is 39.1 Å². The van der Waals surface area contributed by atoms with E-state index in [2.05, 4.69) is 24.0 Å². The Morgan fingerprint density at radius 1 is 1.00 bits per heavy atom. The molecule has 1 amide bonds. The van der Waals surface area contributed by atoms with E-state index < -0.39 is 0 Å². The number of hydrogen-bond donors (Lipinski definition) is 0. The quantitative estimate of drug-likeness (QED) is 0.747. The maximum atomic E-state index is 13.1. The molecule has 0 spiro atoms. The summed E-state index contributed by atoms with van der Waals surface area (Å²) >= 11 is 0. The Kier molecular flexibility index (Phi) is 6.00. The maximum absolute atomic E-state index is 13.1. The molecule has 2 heterocycles. The van der Waals surface area contributed by atoms with Crippen LogP contribution in [-0.2, 0) is 17.8 Å². The van der Waals surface area contributed by atoms with Crippen molar-refractivity contribution in [3.8, 4) is 11.5 Å². The summed E-state index contributed by atoms with van der Waals surface area (Å²) in [4.78, 5) is 16.8. The predicted molar refractivity (Wildman–Crippen MR) is 108 cm³/mol. The van der Waals surface area contributed by atoms with Gasteiger partial charge in [-0.1, -0.05) is 25.1 Å². The first kappa shape index (κ1) is 19.7. The fourth-order valence-corrected chi connectivity index (χ4v) is 4.05. The number of halogens is 1. The van der Waals surface area contributed by atoms with Gasteiger partial charge in [0.2, 0.25) is 12.7 Å². The van der Waals surface area contributed by atoms with Crippen molar-refractivity contribution in [1.82, 2.24) is 9.80 Å². The highest BCUT2D eigenvalue weighted by Gasteiger charge is 2.22. The molecule has 2 aromatic carbocycles. The summed E-state index contributed by atoms with van der Waals surface area (Å²) in [6.07, 6.45) is 1.48. The van der Waals surface area contributed by atoms with Gasteiger partial charge in [-0.2, -0.15) is 0 Å². The van der Waals surface area contributed by atoms with Gasteiger partial charge >= 0.3 is 0 Å². The number of nitrogens with zero attached hydrogens (tertiary/aromatic N) is 2.